The third kappa shape index (κ3) is 2.45. The first-order valence-electron chi connectivity index (χ1n) is 7.32. The zero-order valence-electron chi connectivity index (χ0n) is 11.9. The number of benzene rings is 1. The Morgan fingerprint density at radius 2 is 2.20 bits per heavy atom. The van der Waals surface area contributed by atoms with E-state index in [0.717, 1.165) is 44.6 Å². The third-order valence-corrected chi connectivity index (χ3v) is 4.38. The first-order chi connectivity index (χ1) is 9.81. The molecular formula is C16H21NO3. The van der Waals surface area contributed by atoms with Gasteiger partial charge in [-0.05, 0) is 30.9 Å². The highest BCUT2D eigenvalue weighted by atomic mass is 16.5. The molecule has 0 amide bonds. The van der Waals surface area contributed by atoms with Crippen LogP contribution in [0.4, 0.5) is 0 Å². The maximum Gasteiger partial charge on any atom is 0.338 e. The Morgan fingerprint density at radius 3 is 3.05 bits per heavy atom. The van der Waals surface area contributed by atoms with Gasteiger partial charge in [-0.25, -0.2) is 4.79 Å². The number of rotatable bonds is 2. The van der Waals surface area contributed by atoms with E-state index in [9.17, 15) is 4.79 Å². The van der Waals surface area contributed by atoms with Crippen molar-refractivity contribution in [2.45, 2.75) is 31.3 Å². The molecule has 0 unspecified atom stereocenters. The van der Waals surface area contributed by atoms with E-state index in [0.29, 0.717) is 17.6 Å². The predicted molar refractivity (Wildman–Crippen MR) is 75.7 cm³/mol. The molecule has 2 atom stereocenters. The Balaban J connectivity index is 1.91. The molecule has 2 saturated heterocycles. The average molecular weight is 275 g/mol. The minimum atomic E-state index is -0.241. The second-order valence-electron chi connectivity index (χ2n) is 5.49. The molecule has 108 valence electrons. The highest BCUT2D eigenvalue weighted by Gasteiger charge is 2.36. The van der Waals surface area contributed by atoms with Gasteiger partial charge in [0, 0.05) is 25.2 Å². The molecule has 1 aromatic rings. The zero-order valence-corrected chi connectivity index (χ0v) is 11.9. The number of esters is 1. The normalized spacial score (nSPS) is 26.9. The second-order valence-corrected chi connectivity index (χ2v) is 5.49. The largest absolute Gasteiger partial charge is 0.465 e. The lowest BCUT2D eigenvalue weighted by Gasteiger charge is -2.29. The van der Waals surface area contributed by atoms with Gasteiger partial charge in [0.25, 0.3) is 0 Å². The van der Waals surface area contributed by atoms with Gasteiger partial charge in [-0.2, -0.15) is 0 Å². The molecule has 0 bridgehead atoms. The molecule has 4 heteroatoms. The number of carbonyl (C=O) groups is 1. The van der Waals surface area contributed by atoms with Crippen LogP contribution in [0.2, 0.25) is 0 Å². The van der Waals surface area contributed by atoms with Crippen molar-refractivity contribution in [3.05, 3.63) is 35.4 Å². The summed E-state index contributed by atoms with van der Waals surface area (Å²) in [5, 5.41) is 0. The summed E-state index contributed by atoms with van der Waals surface area (Å²) in [7, 11) is 1.44. The van der Waals surface area contributed by atoms with Crippen molar-refractivity contribution < 1.29 is 14.3 Å². The van der Waals surface area contributed by atoms with Crippen molar-refractivity contribution >= 4 is 5.97 Å². The van der Waals surface area contributed by atoms with Crippen LogP contribution in [-0.2, 0) is 9.47 Å². The van der Waals surface area contributed by atoms with Crippen molar-refractivity contribution in [2.24, 2.45) is 0 Å². The van der Waals surface area contributed by atoms with Crippen LogP contribution in [0, 0.1) is 0 Å². The lowest BCUT2D eigenvalue weighted by molar-refractivity contribution is 0.0596. The van der Waals surface area contributed by atoms with E-state index < -0.39 is 0 Å². The number of fused-ring (bicyclic) bond motifs is 1. The molecule has 2 aliphatic rings. The van der Waals surface area contributed by atoms with Crippen molar-refractivity contribution in [3.63, 3.8) is 0 Å². The van der Waals surface area contributed by atoms with E-state index in [1.165, 1.54) is 7.11 Å². The zero-order chi connectivity index (χ0) is 13.9. The summed E-state index contributed by atoms with van der Waals surface area (Å²) in [5.74, 6) is -0.241. The number of hydrogen-bond acceptors (Lipinski definition) is 4. The first-order valence-corrected chi connectivity index (χ1v) is 7.32. The molecule has 2 heterocycles. The average Bonchev–Trinajstić information content (AvgIpc) is 2.75. The van der Waals surface area contributed by atoms with E-state index in [1.54, 1.807) is 0 Å². The van der Waals surface area contributed by atoms with Crippen LogP contribution in [0.15, 0.2) is 24.3 Å². The van der Waals surface area contributed by atoms with Crippen LogP contribution in [0.3, 0.4) is 0 Å². The third-order valence-electron chi connectivity index (χ3n) is 4.38. The summed E-state index contributed by atoms with van der Waals surface area (Å²) < 4.78 is 10.6. The molecule has 0 aliphatic carbocycles. The number of nitrogens with zero attached hydrogens (tertiary/aromatic N) is 1. The summed E-state index contributed by atoms with van der Waals surface area (Å²) in [6.45, 7) is 2.71. The van der Waals surface area contributed by atoms with Gasteiger partial charge in [0.05, 0.1) is 19.3 Å². The molecule has 0 aromatic heterocycles. The first kappa shape index (κ1) is 13.6. The summed E-state index contributed by atoms with van der Waals surface area (Å²) in [4.78, 5) is 14.5. The van der Waals surface area contributed by atoms with Crippen LogP contribution in [-0.4, -0.2) is 43.8 Å². The van der Waals surface area contributed by atoms with Crippen LogP contribution in [0.25, 0.3) is 0 Å². The van der Waals surface area contributed by atoms with E-state index in [1.807, 2.05) is 18.2 Å². The molecule has 0 N–H and O–H groups in total. The highest BCUT2D eigenvalue weighted by molar-refractivity contribution is 5.91. The van der Waals surface area contributed by atoms with Gasteiger partial charge in [-0.1, -0.05) is 18.2 Å². The summed E-state index contributed by atoms with van der Waals surface area (Å²) >= 11 is 0. The van der Waals surface area contributed by atoms with Gasteiger partial charge < -0.3 is 9.47 Å². The smallest absolute Gasteiger partial charge is 0.338 e. The van der Waals surface area contributed by atoms with Gasteiger partial charge in [0.15, 0.2) is 0 Å². The van der Waals surface area contributed by atoms with Crippen molar-refractivity contribution in [3.8, 4) is 0 Å². The van der Waals surface area contributed by atoms with Gasteiger partial charge in [-0.15, -0.1) is 0 Å². The molecule has 0 spiro atoms. The number of methoxy groups -OCH3 is 1. The lowest BCUT2D eigenvalue weighted by atomic mass is 9.98. The number of carbonyl (C=O) groups excluding carboxylic acids is 1. The summed E-state index contributed by atoms with van der Waals surface area (Å²) in [5.41, 5.74) is 1.80. The minimum Gasteiger partial charge on any atom is -0.465 e. The van der Waals surface area contributed by atoms with Crippen LogP contribution >= 0.6 is 0 Å². The molecule has 2 aliphatic heterocycles. The molecule has 1 aromatic carbocycles. The monoisotopic (exact) mass is 275 g/mol. The lowest BCUT2D eigenvalue weighted by Crippen LogP contribution is -2.34. The van der Waals surface area contributed by atoms with Crippen LogP contribution in [0.1, 0.15) is 41.2 Å². The van der Waals surface area contributed by atoms with E-state index >= 15 is 0 Å². The molecule has 0 saturated carbocycles. The SMILES string of the molecule is COC(=O)c1ccccc1[C@@H]1CC[C@H]2COCCCN21. The minimum absolute atomic E-state index is 0.241. The summed E-state index contributed by atoms with van der Waals surface area (Å²) in [6, 6.07) is 8.63. The van der Waals surface area contributed by atoms with Gasteiger partial charge in [0.2, 0.25) is 0 Å². The number of ether oxygens (including phenoxy) is 2. The molecule has 20 heavy (non-hydrogen) atoms. The van der Waals surface area contributed by atoms with Crippen molar-refractivity contribution in [1.29, 1.82) is 0 Å². The molecular weight excluding hydrogens is 254 g/mol. The van der Waals surface area contributed by atoms with E-state index in [2.05, 4.69) is 11.0 Å². The standard InChI is InChI=1S/C16H21NO3/c1-19-16(18)14-6-3-2-5-13(14)15-8-7-12-11-20-10-4-9-17(12)15/h2-3,5-6,12,15H,4,7-11H2,1H3/t12-,15-/m0/s1. The van der Waals surface area contributed by atoms with Gasteiger partial charge in [0.1, 0.15) is 0 Å². The Morgan fingerprint density at radius 1 is 1.35 bits per heavy atom. The van der Waals surface area contributed by atoms with Crippen LogP contribution in [0.5, 0.6) is 0 Å². The Labute approximate surface area is 119 Å². The Bertz CT molecular complexity index is 488. The van der Waals surface area contributed by atoms with Crippen molar-refractivity contribution in [1.82, 2.24) is 4.90 Å². The topological polar surface area (TPSA) is 38.8 Å². The summed E-state index contributed by atoms with van der Waals surface area (Å²) in [6.07, 6.45) is 3.29. The van der Waals surface area contributed by atoms with Crippen LogP contribution < -0.4 is 0 Å². The second kappa shape index (κ2) is 5.94. The van der Waals surface area contributed by atoms with Crippen molar-refractivity contribution in [2.75, 3.05) is 26.9 Å². The fourth-order valence-electron chi connectivity index (χ4n) is 3.44. The molecule has 4 nitrogen and oxygen atoms in total. The predicted octanol–water partition coefficient (Wildman–Crippen LogP) is 2.40. The fourth-order valence-corrected chi connectivity index (χ4v) is 3.44. The molecule has 3 rings (SSSR count). The molecule has 2 fully saturated rings. The fraction of sp³-hybridized carbons (Fsp3) is 0.562. The van der Waals surface area contributed by atoms with Gasteiger partial charge >= 0.3 is 5.97 Å². The van der Waals surface area contributed by atoms with Gasteiger partial charge in [-0.3, -0.25) is 4.90 Å². The Kier molecular flexibility index (Phi) is 4.03. The van der Waals surface area contributed by atoms with E-state index in [4.69, 9.17) is 9.47 Å². The maximum atomic E-state index is 12.0. The quantitative estimate of drug-likeness (QED) is 0.777. The number of hydrogen-bond donors (Lipinski definition) is 0. The highest BCUT2D eigenvalue weighted by Crippen LogP contribution is 2.38. The molecule has 0 radical (unpaired) electrons. The maximum absolute atomic E-state index is 12.0. The Hall–Kier alpha value is -1.39. The van der Waals surface area contributed by atoms with E-state index in [-0.39, 0.29) is 5.97 Å².